The maximum Gasteiger partial charge on any atom is 0.243 e. The van der Waals surface area contributed by atoms with Gasteiger partial charge in [-0.1, -0.05) is 25.0 Å². The molecule has 2 aliphatic heterocycles. The highest BCUT2D eigenvalue weighted by molar-refractivity contribution is 5.96. The summed E-state index contributed by atoms with van der Waals surface area (Å²) in [5.74, 6) is 0.673. The summed E-state index contributed by atoms with van der Waals surface area (Å²) < 4.78 is 0. The van der Waals surface area contributed by atoms with E-state index < -0.39 is 6.04 Å². The molecule has 1 aromatic carbocycles. The number of hydrazine groups is 1. The van der Waals surface area contributed by atoms with E-state index in [2.05, 4.69) is 31.3 Å². The van der Waals surface area contributed by atoms with E-state index in [1.165, 1.54) is 25.7 Å². The van der Waals surface area contributed by atoms with Crippen LogP contribution < -0.4 is 21.1 Å². The predicted octanol–water partition coefficient (Wildman–Crippen LogP) is 2.25. The molecule has 3 N–H and O–H groups in total. The highest BCUT2D eigenvalue weighted by Gasteiger charge is 2.24. The zero-order valence-corrected chi connectivity index (χ0v) is 16.4. The van der Waals surface area contributed by atoms with Crippen molar-refractivity contribution in [3.63, 3.8) is 0 Å². The van der Waals surface area contributed by atoms with Gasteiger partial charge in [-0.3, -0.25) is 15.0 Å². The van der Waals surface area contributed by atoms with Gasteiger partial charge in [-0.25, -0.2) is 5.43 Å². The Morgan fingerprint density at radius 3 is 2.38 bits per heavy atom. The summed E-state index contributed by atoms with van der Waals surface area (Å²) in [6.45, 7) is 2.09. The molecule has 8 nitrogen and oxygen atoms in total. The van der Waals surface area contributed by atoms with E-state index in [0.29, 0.717) is 18.5 Å². The first-order valence-corrected chi connectivity index (χ1v) is 10.2. The summed E-state index contributed by atoms with van der Waals surface area (Å²) in [5, 5.41) is 11.7. The number of benzene rings is 1. The minimum Gasteiger partial charge on any atom is -0.355 e. The van der Waals surface area contributed by atoms with Gasteiger partial charge in [0.05, 0.1) is 5.69 Å². The van der Waals surface area contributed by atoms with Crippen LogP contribution in [0.25, 0.3) is 11.3 Å². The average molecular weight is 394 g/mol. The summed E-state index contributed by atoms with van der Waals surface area (Å²) in [6, 6.07) is 11.1. The maximum atomic E-state index is 12.3. The summed E-state index contributed by atoms with van der Waals surface area (Å²) >= 11 is 0. The molecule has 1 unspecified atom stereocenters. The number of rotatable bonds is 4. The van der Waals surface area contributed by atoms with Gasteiger partial charge >= 0.3 is 0 Å². The Bertz CT molecular complexity index is 834. The molecule has 2 aromatic rings. The summed E-state index contributed by atoms with van der Waals surface area (Å²) in [7, 11) is 0. The topological polar surface area (TPSA) is 99.2 Å². The van der Waals surface area contributed by atoms with Gasteiger partial charge in [0.15, 0.2) is 5.82 Å². The molecule has 0 spiro atoms. The van der Waals surface area contributed by atoms with Crippen LogP contribution in [0.15, 0.2) is 36.4 Å². The number of nitrogens with zero attached hydrogens (tertiary/aromatic N) is 3. The second-order valence-corrected chi connectivity index (χ2v) is 7.53. The minimum atomic E-state index is -0.426. The Morgan fingerprint density at radius 1 is 1.00 bits per heavy atom. The number of hydrogen-bond acceptors (Lipinski definition) is 6. The Balaban J connectivity index is 1.37. The molecule has 0 radical (unpaired) electrons. The van der Waals surface area contributed by atoms with Crippen molar-refractivity contribution in [1.82, 2.24) is 21.0 Å². The molecule has 1 aromatic heterocycles. The van der Waals surface area contributed by atoms with Crippen LogP contribution in [0.3, 0.4) is 0 Å². The fourth-order valence-electron chi connectivity index (χ4n) is 3.68. The lowest BCUT2D eigenvalue weighted by Gasteiger charge is -2.23. The Morgan fingerprint density at radius 2 is 1.76 bits per heavy atom. The highest BCUT2D eigenvalue weighted by atomic mass is 16.2. The molecule has 2 aliphatic rings. The number of hydrogen-bond donors (Lipinski definition) is 3. The van der Waals surface area contributed by atoms with Crippen LogP contribution in [-0.4, -0.2) is 41.1 Å². The lowest BCUT2D eigenvalue weighted by molar-refractivity contribution is -0.126. The van der Waals surface area contributed by atoms with Gasteiger partial charge in [0.2, 0.25) is 11.8 Å². The molecule has 3 heterocycles. The van der Waals surface area contributed by atoms with E-state index in [1.54, 1.807) is 0 Å². The van der Waals surface area contributed by atoms with Gasteiger partial charge in [-0.2, -0.15) is 0 Å². The van der Waals surface area contributed by atoms with Crippen LogP contribution in [0, 0.1) is 0 Å². The molecular weight excluding hydrogens is 368 g/mol. The summed E-state index contributed by atoms with van der Waals surface area (Å²) in [4.78, 5) is 25.8. The quantitative estimate of drug-likeness (QED) is 0.736. The molecule has 2 amide bonds. The van der Waals surface area contributed by atoms with E-state index in [9.17, 15) is 9.59 Å². The SMILES string of the molecule is O=C1CCC(C(=O)Nc2ccc(-c3ccc(N4CCCCCC4)nn3)cc2)NN1. The smallest absolute Gasteiger partial charge is 0.243 e. The molecule has 1 atom stereocenters. The zero-order valence-electron chi connectivity index (χ0n) is 16.4. The van der Waals surface area contributed by atoms with Crippen molar-refractivity contribution in [3.05, 3.63) is 36.4 Å². The van der Waals surface area contributed by atoms with Crippen LogP contribution >= 0.6 is 0 Å². The summed E-state index contributed by atoms with van der Waals surface area (Å²) in [5.41, 5.74) is 7.67. The van der Waals surface area contributed by atoms with Gasteiger partial charge in [-0.15, -0.1) is 10.2 Å². The average Bonchev–Trinajstić information content (AvgIpc) is 3.04. The van der Waals surface area contributed by atoms with Crippen LogP contribution in [0.5, 0.6) is 0 Å². The fraction of sp³-hybridized carbons (Fsp3) is 0.429. The molecule has 0 bridgehead atoms. The minimum absolute atomic E-state index is 0.0960. The molecule has 8 heteroatoms. The van der Waals surface area contributed by atoms with E-state index in [0.717, 1.165) is 30.2 Å². The van der Waals surface area contributed by atoms with Gasteiger partial charge in [0, 0.05) is 30.8 Å². The van der Waals surface area contributed by atoms with Crippen molar-refractivity contribution in [1.29, 1.82) is 0 Å². The van der Waals surface area contributed by atoms with Crippen LogP contribution in [0.1, 0.15) is 38.5 Å². The first-order chi connectivity index (χ1) is 14.2. The van der Waals surface area contributed by atoms with Crippen molar-refractivity contribution < 1.29 is 9.59 Å². The monoisotopic (exact) mass is 394 g/mol. The van der Waals surface area contributed by atoms with E-state index in [1.807, 2.05) is 36.4 Å². The van der Waals surface area contributed by atoms with Crippen molar-refractivity contribution in [2.45, 2.75) is 44.6 Å². The normalized spacial score (nSPS) is 19.9. The number of carbonyl (C=O) groups excluding carboxylic acids is 2. The number of amides is 2. The second-order valence-electron chi connectivity index (χ2n) is 7.53. The maximum absolute atomic E-state index is 12.3. The number of carbonyl (C=O) groups is 2. The molecular formula is C21H26N6O2. The van der Waals surface area contributed by atoms with Crippen molar-refractivity contribution in [3.8, 4) is 11.3 Å². The molecule has 0 aliphatic carbocycles. The molecule has 4 rings (SSSR count). The Labute approximate surface area is 170 Å². The third-order valence-electron chi connectivity index (χ3n) is 5.39. The van der Waals surface area contributed by atoms with Crippen LogP contribution in [0.4, 0.5) is 11.5 Å². The van der Waals surface area contributed by atoms with Gasteiger partial charge < -0.3 is 10.2 Å². The van der Waals surface area contributed by atoms with Crippen molar-refractivity contribution >= 4 is 23.3 Å². The highest BCUT2D eigenvalue weighted by Crippen LogP contribution is 2.22. The molecule has 152 valence electrons. The standard InChI is InChI=1S/C21H26N6O2/c28-20-12-10-18(24-26-20)21(29)22-16-7-5-15(6-8-16)17-9-11-19(25-23-17)27-13-3-1-2-4-14-27/h5-9,11,18,24H,1-4,10,12-14H2,(H,22,29)(H,26,28). The van der Waals surface area contributed by atoms with Crippen molar-refractivity contribution in [2.24, 2.45) is 0 Å². The largest absolute Gasteiger partial charge is 0.355 e. The van der Waals surface area contributed by atoms with Crippen LogP contribution in [-0.2, 0) is 9.59 Å². The first-order valence-electron chi connectivity index (χ1n) is 10.2. The number of anilines is 2. The lowest BCUT2D eigenvalue weighted by Crippen LogP contribution is -2.54. The van der Waals surface area contributed by atoms with Crippen molar-refractivity contribution in [2.75, 3.05) is 23.3 Å². The molecule has 2 fully saturated rings. The first kappa shape index (κ1) is 19.3. The van der Waals surface area contributed by atoms with Crippen LogP contribution in [0.2, 0.25) is 0 Å². The predicted molar refractivity (Wildman–Crippen MR) is 111 cm³/mol. The van der Waals surface area contributed by atoms with E-state index >= 15 is 0 Å². The zero-order chi connectivity index (χ0) is 20.1. The summed E-state index contributed by atoms with van der Waals surface area (Å²) in [6.07, 6.45) is 5.82. The Kier molecular flexibility index (Phi) is 6.00. The third kappa shape index (κ3) is 4.89. The van der Waals surface area contributed by atoms with Gasteiger partial charge in [0.25, 0.3) is 0 Å². The van der Waals surface area contributed by atoms with E-state index in [4.69, 9.17) is 0 Å². The third-order valence-corrected chi connectivity index (χ3v) is 5.39. The fourth-order valence-corrected chi connectivity index (χ4v) is 3.68. The van der Waals surface area contributed by atoms with Gasteiger partial charge in [0.1, 0.15) is 6.04 Å². The lowest BCUT2D eigenvalue weighted by atomic mass is 10.1. The van der Waals surface area contributed by atoms with Gasteiger partial charge in [-0.05, 0) is 43.5 Å². The number of nitrogens with one attached hydrogen (secondary N) is 3. The second kappa shape index (κ2) is 9.00. The van der Waals surface area contributed by atoms with E-state index in [-0.39, 0.29) is 11.8 Å². The molecule has 29 heavy (non-hydrogen) atoms. The Hall–Kier alpha value is -3.00. The number of aromatic nitrogens is 2. The molecule has 2 saturated heterocycles. The molecule has 0 saturated carbocycles.